The highest BCUT2D eigenvalue weighted by Gasteiger charge is 2.18. The van der Waals surface area contributed by atoms with Crippen molar-refractivity contribution >= 4 is 44.9 Å². The molecule has 0 saturated carbocycles. The minimum Gasteiger partial charge on any atom is -0.382 e. The molecule has 0 radical (unpaired) electrons. The van der Waals surface area contributed by atoms with Gasteiger partial charge in [-0.3, -0.25) is 19.9 Å². The fraction of sp³-hybridized carbons (Fsp3) is 0.154. The fourth-order valence-corrected chi connectivity index (χ4v) is 5.03. The number of imidazole rings is 1. The number of ketones is 1. The number of pyridine rings is 3. The molecule has 0 bridgehead atoms. The Hall–Kier alpha value is -4.44. The fourth-order valence-electron chi connectivity index (χ4n) is 4.13. The number of rotatable bonds is 6. The maximum atomic E-state index is 11.8. The number of fused-ring (bicyclic) bond motifs is 2. The molecule has 0 aliphatic rings. The molecule has 0 amide bonds. The molecule has 178 valence electrons. The van der Waals surface area contributed by atoms with E-state index in [2.05, 4.69) is 55.4 Å². The number of anilines is 1. The molecule has 6 heterocycles. The number of H-pyrrole nitrogens is 2. The van der Waals surface area contributed by atoms with Crippen molar-refractivity contribution in [1.29, 1.82) is 0 Å². The summed E-state index contributed by atoms with van der Waals surface area (Å²) in [5.74, 6) is 0.648. The van der Waals surface area contributed by atoms with Crippen molar-refractivity contribution in [1.82, 2.24) is 35.1 Å². The van der Waals surface area contributed by atoms with Crippen LogP contribution in [-0.2, 0) is 0 Å². The van der Waals surface area contributed by atoms with E-state index in [9.17, 15) is 4.79 Å². The smallest absolute Gasteiger partial charge is 0.169 e. The summed E-state index contributed by atoms with van der Waals surface area (Å²) in [6, 6.07) is 10.0. The molecule has 9 nitrogen and oxygen atoms in total. The summed E-state index contributed by atoms with van der Waals surface area (Å²) in [5.41, 5.74) is 6.46. The number of nitrogens with one attached hydrogen (secondary N) is 3. The third kappa shape index (κ3) is 3.91. The van der Waals surface area contributed by atoms with Crippen LogP contribution in [0.5, 0.6) is 0 Å². The maximum Gasteiger partial charge on any atom is 0.169 e. The van der Waals surface area contributed by atoms with E-state index in [-0.39, 0.29) is 5.78 Å². The van der Waals surface area contributed by atoms with Crippen LogP contribution in [0, 0.1) is 0 Å². The lowest BCUT2D eigenvalue weighted by Crippen LogP contribution is -2.09. The Morgan fingerprint density at radius 2 is 1.89 bits per heavy atom. The van der Waals surface area contributed by atoms with E-state index in [1.807, 2.05) is 42.9 Å². The lowest BCUT2D eigenvalue weighted by atomic mass is 10.1. The zero-order valence-electron chi connectivity index (χ0n) is 19.8. The summed E-state index contributed by atoms with van der Waals surface area (Å²) in [4.78, 5) is 35.1. The van der Waals surface area contributed by atoms with Crippen LogP contribution >= 0.6 is 11.3 Å². The lowest BCUT2D eigenvalue weighted by Gasteiger charge is -2.10. The van der Waals surface area contributed by atoms with Crippen molar-refractivity contribution in [2.45, 2.75) is 26.8 Å². The van der Waals surface area contributed by atoms with Crippen molar-refractivity contribution < 1.29 is 4.79 Å². The largest absolute Gasteiger partial charge is 0.382 e. The Bertz CT molecular complexity index is 1750. The van der Waals surface area contributed by atoms with E-state index in [1.54, 1.807) is 13.1 Å². The molecular formula is C26H22N8OS. The Morgan fingerprint density at radius 1 is 1.03 bits per heavy atom. The number of carbonyl (C=O) groups is 1. The van der Waals surface area contributed by atoms with E-state index in [0.717, 1.165) is 43.8 Å². The van der Waals surface area contributed by atoms with Crippen molar-refractivity contribution in [3.05, 3.63) is 60.0 Å². The van der Waals surface area contributed by atoms with Gasteiger partial charge in [-0.1, -0.05) is 0 Å². The van der Waals surface area contributed by atoms with Gasteiger partial charge in [-0.25, -0.2) is 9.97 Å². The zero-order chi connectivity index (χ0) is 24.8. The summed E-state index contributed by atoms with van der Waals surface area (Å²) in [7, 11) is 0. The second kappa shape index (κ2) is 8.65. The molecule has 6 aromatic rings. The first-order valence-corrected chi connectivity index (χ1v) is 12.3. The lowest BCUT2D eigenvalue weighted by molar-refractivity contribution is 0.102. The zero-order valence-corrected chi connectivity index (χ0v) is 20.6. The van der Waals surface area contributed by atoms with Gasteiger partial charge in [-0.05, 0) is 51.1 Å². The SMILES string of the molecule is CC(=O)c1ccc(-c2nccc3[nH]c(-c4n[nH]c5ncc(-c6cncc(NC(C)C)c6)cc45)nc23)s1. The van der Waals surface area contributed by atoms with Crippen LogP contribution in [0.15, 0.2) is 55.1 Å². The van der Waals surface area contributed by atoms with E-state index >= 15 is 0 Å². The molecular weight excluding hydrogens is 472 g/mol. The topological polar surface area (TPSA) is 125 Å². The highest BCUT2D eigenvalue weighted by Crippen LogP contribution is 2.34. The van der Waals surface area contributed by atoms with Gasteiger partial charge in [0.1, 0.15) is 16.9 Å². The average Bonchev–Trinajstić information content (AvgIpc) is 3.60. The summed E-state index contributed by atoms with van der Waals surface area (Å²) in [5, 5.41) is 11.8. The number of thiophene rings is 1. The summed E-state index contributed by atoms with van der Waals surface area (Å²) in [6.07, 6.45) is 7.18. The first kappa shape index (κ1) is 22.1. The molecule has 0 aliphatic carbocycles. The van der Waals surface area contributed by atoms with Gasteiger partial charge in [0.25, 0.3) is 0 Å². The van der Waals surface area contributed by atoms with Crippen LogP contribution < -0.4 is 5.32 Å². The van der Waals surface area contributed by atoms with Crippen LogP contribution in [-0.4, -0.2) is 46.9 Å². The minimum absolute atomic E-state index is 0.0353. The van der Waals surface area contributed by atoms with Crippen LogP contribution in [0.4, 0.5) is 5.69 Å². The minimum atomic E-state index is 0.0353. The van der Waals surface area contributed by atoms with Gasteiger partial charge in [0.05, 0.1) is 26.3 Å². The monoisotopic (exact) mass is 494 g/mol. The summed E-state index contributed by atoms with van der Waals surface area (Å²) >= 11 is 1.41. The predicted octanol–water partition coefficient (Wildman–Crippen LogP) is 5.71. The van der Waals surface area contributed by atoms with Crippen molar-refractivity contribution in [3.8, 4) is 33.2 Å². The molecule has 6 rings (SSSR count). The van der Waals surface area contributed by atoms with E-state index < -0.39 is 0 Å². The van der Waals surface area contributed by atoms with E-state index in [0.29, 0.717) is 28.1 Å². The molecule has 0 spiro atoms. The Balaban J connectivity index is 1.43. The Kier molecular flexibility index (Phi) is 5.30. The number of aromatic amines is 2. The number of hydrogen-bond donors (Lipinski definition) is 3. The van der Waals surface area contributed by atoms with Crippen LogP contribution in [0.2, 0.25) is 0 Å². The summed E-state index contributed by atoms with van der Waals surface area (Å²) in [6.45, 7) is 5.74. The maximum absolute atomic E-state index is 11.8. The van der Waals surface area contributed by atoms with Gasteiger partial charge >= 0.3 is 0 Å². The number of Topliss-reactive ketones (excluding diaryl/α,β-unsaturated/α-hetero) is 1. The van der Waals surface area contributed by atoms with Gasteiger partial charge in [0, 0.05) is 42.0 Å². The van der Waals surface area contributed by atoms with Crippen molar-refractivity contribution in [2.24, 2.45) is 0 Å². The van der Waals surface area contributed by atoms with Gasteiger partial charge < -0.3 is 10.3 Å². The van der Waals surface area contributed by atoms with Crippen molar-refractivity contribution in [2.75, 3.05) is 5.32 Å². The number of hydrogen-bond acceptors (Lipinski definition) is 8. The third-order valence-corrected chi connectivity index (χ3v) is 6.95. The first-order valence-electron chi connectivity index (χ1n) is 11.5. The van der Waals surface area contributed by atoms with Gasteiger partial charge in [-0.15, -0.1) is 11.3 Å². The van der Waals surface area contributed by atoms with Crippen molar-refractivity contribution in [3.63, 3.8) is 0 Å². The molecule has 0 aromatic carbocycles. The predicted molar refractivity (Wildman–Crippen MR) is 142 cm³/mol. The van der Waals surface area contributed by atoms with E-state index in [4.69, 9.17) is 4.98 Å². The number of nitrogens with zero attached hydrogens (tertiary/aromatic N) is 5. The van der Waals surface area contributed by atoms with Gasteiger partial charge in [0.15, 0.2) is 17.3 Å². The van der Waals surface area contributed by atoms with Gasteiger partial charge in [-0.2, -0.15) is 5.10 Å². The number of carbonyl (C=O) groups excluding carboxylic acids is 1. The first-order chi connectivity index (χ1) is 17.5. The Labute approximate surface area is 210 Å². The molecule has 36 heavy (non-hydrogen) atoms. The second-order valence-electron chi connectivity index (χ2n) is 8.81. The molecule has 0 fully saturated rings. The molecule has 0 unspecified atom stereocenters. The Morgan fingerprint density at radius 3 is 2.69 bits per heavy atom. The van der Waals surface area contributed by atoms with Crippen LogP contribution in [0.1, 0.15) is 30.4 Å². The molecule has 3 N–H and O–H groups in total. The standard InChI is InChI=1S/C26H22N8OS/c1-13(2)30-17-8-15(10-27-12-17)16-9-18-22(33-34-25(18)29-11-16)26-31-19-6-7-28-24(23(19)32-26)21-5-4-20(36-21)14(3)35/h4-13,30H,1-3H3,(H,31,32)(H,29,33,34). The van der Waals surface area contributed by atoms with Crippen LogP contribution in [0.25, 0.3) is 55.3 Å². The van der Waals surface area contributed by atoms with E-state index in [1.165, 1.54) is 11.3 Å². The molecule has 0 atom stereocenters. The average molecular weight is 495 g/mol. The van der Waals surface area contributed by atoms with Gasteiger partial charge in [0.2, 0.25) is 0 Å². The second-order valence-corrected chi connectivity index (χ2v) is 9.90. The highest BCUT2D eigenvalue weighted by atomic mass is 32.1. The molecule has 6 aromatic heterocycles. The normalized spacial score (nSPS) is 11.6. The quantitative estimate of drug-likeness (QED) is 0.253. The molecule has 10 heteroatoms. The third-order valence-electron chi connectivity index (χ3n) is 5.75. The number of aromatic nitrogens is 7. The highest BCUT2D eigenvalue weighted by molar-refractivity contribution is 7.17. The summed E-state index contributed by atoms with van der Waals surface area (Å²) < 4.78 is 0. The molecule has 0 saturated heterocycles. The van der Waals surface area contributed by atoms with Crippen LogP contribution in [0.3, 0.4) is 0 Å². The molecule has 0 aliphatic heterocycles.